The van der Waals surface area contributed by atoms with Crippen LogP contribution in [0.5, 0.6) is 11.5 Å². The summed E-state index contributed by atoms with van der Waals surface area (Å²) in [5.74, 6) is -0.513. The highest BCUT2D eigenvalue weighted by molar-refractivity contribution is 7.92. The fourth-order valence-corrected chi connectivity index (χ4v) is 3.92. The van der Waals surface area contributed by atoms with Crippen molar-refractivity contribution >= 4 is 44.7 Å². The van der Waals surface area contributed by atoms with Gasteiger partial charge in [0.1, 0.15) is 0 Å². The number of carbonyl (C=O) groups is 2. The molecule has 0 aliphatic heterocycles. The van der Waals surface area contributed by atoms with Crippen LogP contribution in [0.2, 0.25) is 5.02 Å². The Balaban J connectivity index is 2.09. The van der Waals surface area contributed by atoms with Crippen molar-refractivity contribution in [2.75, 3.05) is 37.1 Å². The highest BCUT2D eigenvalue weighted by atomic mass is 35.5. The van der Waals surface area contributed by atoms with Gasteiger partial charge in [0.05, 0.1) is 37.4 Å². The minimum absolute atomic E-state index is 0.00126. The molecule has 0 aliphatic carbocycles. The van der Waals surface area contributed by atoms with Gasteiger partial charge in [-0.25, -0.2) is 8.42 Å². The maximum Gasteiger partial charge on any atom is 0.257 e. The van der Waals surface area contributed by atoms with Crippen molar-refractivity contribution in [1.29, 1.82) is 0 Å². The fourth-order valence-electron chi connectivity index (χ4n) is 3.24. The number of hydrogen-bond acceptors (Lipinski definition) is 6. The lowest BCUT2D eigenvalue weighted by molar-refractivity contribution is 0.102. The average Bonchev–Trinajstić information content (AvgIpc) is 2.83. The summed E-state index contributed by atoms with van der Waals surface area (Å²) in [5, 5.41) is 3.02. The van der Waals surface area contributed by atoms with Gasteiger partial charge in [-0.3, -0.25) is 13.9 Å². The third-order valence-electron chi connectivity index (χ3n) is 5.09. The predicted molar refractivity (Wildman–Crippen MR) is 132 cm³/mol. The molecule has 0 unspecified atom stereocenters. The Morgan fingerprint density at radius 1 is 0.912 bits per heavy atom. The monoisotopic (exact) mass is 502 g/mol. The van der Waals surface area contributed by atoms with Gasteiger partial charge in [-0.2, -0.15) is 0 Å². The molecular formula is C24H23ClN2O6S. The van der Waals surface area contributed by atoms with Gasteiger partial charge in [-0.1, -0.05) is 41.9 Å². The zero-order chi connectivity index (χ0) is 25.0. The molecule has 0 atom stereocenters. The molecule has 34 heavy (non-hydrogen) atoms. The van der Waals surface area contributed by atoms with E-state index < -0.39 is 15.9 Å². The minimum Gasteiger partial charge on any atom is -0.493 e. The van der Waals surface area contributed by atoms with E-state index in [0.717, 1.165) is 10.6 Å². The summed E-state index contributed by atoms with van der Waals surface area (Å²) < 4.78 is 36.0. The first-order chi connectivity index (χ1) is 16.1. The molecular weight excluding hydrogens is 480 g/mol. The highest BCUT2D eigenvalue weighted by Gasteiger charge is 2.25. The Morgan fingerprint density at radius 2 is 1.53 bits per heavy atom. The van der Waals surface area contributed by atoms with E-state index in [0.29, 0.717) is 10.6 Å². The molecule has 8 nitrogen and oxygen atoms in total. The molecule has 0 radical (unpaired) electrons. The zero-order valence-electron chi connectivity index (χ0n) is 19.0. The number of methoxy groups -OCH3 is 2. The second-order valence-corrected chi connectivity index (χ2v) is 9.74. The number of rotatable bonds is 8. The van der Waals surface area contributed by atoms with Crippen LogP contribution in [0.15, 0.2) is 60.7 Å². The molecule has 0 saturated carbocycles. The standard InChI is InChI=1S/C24H23ClN2O6S/c1-27(34(4,30)31)20-14-22(33-3)21(32-2)13-18(20)24(29)26-19-11-10-16(25)12-17(19)23(28)15-8-6-5-7-9-15/h5-14H,1-4H3,(H,26,29). The first-order valence-corrected chi connectivity index (χ1v) is 12.2. The number of ketones is 1. The Bertz CT molecular complexity index is 1340. The second kappa shape index (κ2) is 10.1. The second-order valence-electron chi connectivity index (χ2n) is 7.29. The molecule has 1 amide bonds. The number of nitrogens with one attached hydrogen (secondary N) is 1. The van der Waals surface area contributed by atoms with Crippen LogP contribution in [-0.4, -0.2) is 47.6 Å². The van der Waals surface area contributed by atoms with Crippen LogP contribution in [0.1, 0.15) is 26.3 Å². The van der Waals surface area contributed by atoms with Gasteiger partial charge in [0.25, 0.3) is 5.91 Å². The molecule has 0 bridgehead atoms. The Kier molecular flexibility index (Phi) is 7.48. The smallest absolute Gasteiger partial charge is 0.257 e. The quantitative estimate of drug-likeness (QED) is 0.462. The van der Waals surface area contributed by atoms with Crippen molar-refractivity contribution in [3.63, 3.8) is 0 Å². The summed E-state index contributed by atoms with van der Waals surface area (Å²) in [6, 6.07) is 15.8. The van der Waals surface area contributed by atoms with E-state index in [2.05, 4.69) is 5.32 Å². The number of benzene rings is 3. The molecule has 0 aliphatic rings. The number of carbonyl (C=O) groups excluding carboxylic acids is 2. The van der Waals surface area contributed by atoms with Crippen molar-refractivity contribution in [1.82, 2.24) is 0 Å². The van der Waals surface area contributed by atoms with Gasteiger partial charge < -0.3 is 14.8 Å². The van der Waals surface area contributed by atoms with Crippen LogP contribution in [0.25, 0.3) is 0 Å². The van der Waals surface area contributed by atoms with E-state index >= 15 is 0 Å². The van der Waals surface area contributed by atoms with Crippen molar-refractivity contribution in [2.45, 2.75) is 0 Å². The van der Waals surface area contributed by atoms with Crippen LogP contribution in [0, 0.1) is 0 Å². The number of ether oxygens (including phenoxy) is 2. The van der Waals surface area contributed by atoms with E-state index in [4.69, 9.17) is 21.1 Å². The summed E-state index contributed by atoms with van der Waals surface area (Å²) >= 11 is 6.12. The Hall–Kier alpha value is -3.56. The molecule has 3 aromatic carbocycles. The third kappa shape index (κ3) is 5.32. The lowest BCUT2D eigenvalue weighted by Crippen LogP contribution is -2.28. The van der Waals surface area contributed by atoms with Crippen molar-refractivity contribution < 1.29 is 27.5 Å². The first-order valence-electron chi connectivity index (χ1n) is 9.97. The molecule has 178 valence electrons. The lowest BCUT2D eigenvalue weighted by atomic mass is 10.0. The maximum atomic E-state index is 13.4. The molecule has 0 spiro atoms. The van der Waals surface area contributed by atoms with E-state index in [-0.39, 0.29) is 39.8 Å². The Labute approximate surface area is 203 Å². The van der Waals surface area contributed by atoms with Crippen LogP contribution < -0.4 is 19.1 Å². The first kappa shape index (κ1) is 25.1. The number of nitrogens with zero attached hydrogens (tertiary/aromatic N) is 1. The number of hydrogen-bond donors (Lipinski definition) is 1. The highest BCUT2D eigenvalue weighted by Crippen LogP contribution is 2.36. The van der Waals surface area contributed by atoms with E-state index in [1.54, 1.807) is 30.3 Å². The molecule has 0 fully saturated rings. The normalized spacial score (nSPS) is 11.0. The molecule has 0 aromatic heterocycles. The Morgan fingerprint density at radius 3 is 2.12 bits per heavy atom. The zero-order valence-corrected chi connectivity index (χ0v) is 20.5. The van der Waals surface area contributed by atoms with Crippen molar-refractivity contribution in [2.24, 2.45) is 0 Å². The van der Waals surface area contributed by atoms with Gasteiger partial charge in [0.15, 0.2) is 17.3 Å². The molecule has 1 N–H and O–H groups in total. The molecule has 3 aromatic rings. The third-order valence-corrected chi connectivity index (χ3v) is 6.52. The predicted octanol–water partition coefficient (Wildman–Crippen LogP) is 4.24. The van der Waals surface area contributed by atoms with Gasteiger partial charge >= 0.3 is 0 Å². The SMILES string of the molecule is COc1cc(C(=O)Nc2ccc(Cl)cc2C(=O)c2ccccc2)c(N(C)S(C)(=O)=O)cc1OC. The fraction of sp³-hybridized carbons (Fsp3) is 0.167. The maximum absolute atomic E-state index is 13.4. The van der Waals surface area contributed by atoms with Crippen LogP contribution in [-0.2, 0) is 10.0 Å². The number of sulfonamides is 1. The topological polar surface area (TPSA) is 102 Å². The van der Waals surface area contributed by atoms with Crippen molar-refractivity contribution in [3.05, 3.63) is 82.4 Å². The summed E-state index contributed by atoms with van der Waals surface area (Å²) in [6.45, 7) is 0. The molecule has 10 heteroatoms. The largest absolute Gasteiger partial charge is 0.493 e. The molecule has 0 heterocycles. The number of amides is 1. The van der Waals surface area contributed by atoms with Crippen molar-refractivity contribution in [3.8, 4) is 11.5 Å². The van der Waals surface area contributed by atoms with E-state index in [1.165, 1.54) is 51.6 Å². The number of anilines is 2. The molecule has 0 saturated heterocycles. The number of halogens is 1. The lowest BCUT2D eigenvalue weighted by Gasteiger charge is -2.22. The average molecular weight is 503 g/mol. The summed E-state index contributed by atoms with van der Waals surface area (Å²) in [4.78, 5) is 26.5. The summed E-state index contributed by atoms with van der Waals surface area (Å²) in [5.41, 5.74) is 0.890. The van der Waals surface area contributed by atoms with Gasteiger partial charge in [0.2, 0.25) is 10.0 Å². The summed E-state index contributed by atoms with van der Waals surface area (Å²) in [6.07, 6.45) is 1.02. The van der Waals surface area contributed by atoms with E-state index in [9.17, 15) is 18.0 Å². The van der Waals surface area contributed by atoms with Crippen LogP contribution in [0.4, 0.5) is 11.4 Å². The summed E-state index contributed by atoms with van der Waals surface area (Å²) in [7, 11) is 0.410. The van der Waals surface area contributed by atoms with Crippen LogP contribution >= 0.6 is 11.6 Å². The van der Waals surface area contributed by atoms with Gasteiger partial charge in [0, 0.05) is 29.3 Å². The van der Waals surface area contributed by atoms with Crippen LogP contribution in [0.3, 0.4) is 0 Å². The van der Waals surface area contributed by atoms with Gasteiger partial charge in [-0.05, 0) is 24.3 Å². The van der Waals surface area contributed by atoms with E-state index in [1.807, 2.05) is 0 Å². The molecule has 3 rings (SSSR count). The van der Waals surface area contributed by atoms with Gasteiger partial charge in [-0.15, -0.1) is 0 Å². The minimum atomic E-state index is -3.71.